The number of fused-ring (bicyclic) bond motifs is 1. The van der Waals surface area contributed by atoms with Crippen LogP contribution in [0.1, 0.15) is 6.92 Å². The molecule has 2 aromatic carbocycles. The van der Waals surface area contributed by atoms with E-state index in [0.717, 1.165) is 5.69 Å². The molecule has 8 heteroatoms. The molecule has 0 saturated carbocycles. The minimum atomic E-state index is -0.353. The highest BCUT2D eigenvalue weighted by molar-refractivity contribution is 8.00. The molecule has 1 aliphatic heterocycles. The van der Waals surface area contributed by atoms with Crippen molar-refractivity contribution in [2.75, 3.05) is 18.5 Å². The molecule has 0 fully saturated rings. The average Bonchev–Trinajstić information content (AvgIpc) is 3.16. The fourth-order valence-corrected chi connectivity index (χ4v) is 3.84. The second-order valence-electron chi connectivity index (χ2n) is 6.17. The van der Waals surface area contributed by atoms with Crippen molar-refractivity contribution < 1.29 is 14.3 Å². The summed E-state index contributed by atoms with van der Waals surface area (Å²) in [7, 11) is 0. The number of thioether (sulfide) groups is 1. The summed E-state index contributed by atoms with van der Waals surface area (Å²) in [5, 5.41) is 3.93. The van der Waals surface area contributed by atoms with Gasteiger partial charge in [-0.15, -0.1) is 0 Å². The number of hydrogen-bond donors (Lipinski definition) is 1. The Morgan fingerprint density at radius 3 is 2.86 bits per heavy atom. The molecule has 1 aliphatic rings. The van der Waals surface area contributed by atoms with Crippen molar-refractivity contribution in [2.24, 2.45) is 0 Å². The van der Waals surface area contributed by atoms with E-state index in [-0.39, 0.29) is 11.2 Å². The van der Waals surface area contributed by atoms with E-state index >= 15 is 0 Å². The summed E-state index contributed by atoms with van der Waals surface area (Å²) >= 11 is 7.46. The summed E-state index contributed by atoms with van der Waals surface area (Å²) in [6, 6.07) is 12.9. The zero-order chi connectivity index (χ0) is 19.5. The number of ether oxygens (including phenoxy) is 2. The van der Waals surface area contributed by atoms with Crippen LogP contribution in [-0.2, 0) is 4.79 Å². The number of nitrogens with zero attached hydrogens (tertiary/aromatic N) is 2. The van der Waals surface area contributed by atoms with Gasteiger partial charge in [-0.25, -0.2) is 4.98 Å². The maximum Gasteiger partial charge on any atom is 0.237 e. The van der Waals surface area contributed by atoms with Crippen LogP contribution in [0.4, 0.5) is 5.69 Å². The lowest BCUT2D eigenvalue weighted by Gasteiger charge is -2.19. The summed E-state index contributed by atoms with van der Waals surface area (Å²) in [6.07, 6.45) is 3.55. The molecule has 1 amide bonds. The Morgan fingerprint density at radius 2 is 2.04 bits per heavy atom. The second kappa shape index (κ2) is 8.16. The molecule has 1 N–H and O–H groups in total. The Hall–Kier alpha value is -2.64. The summed E-state index contributed by atoms with van der Waals surface area (Å²) in [5.41, 5.74) is 1.56. The second-order valence-corrected chi connectivity index (χ2v) is 7.91. The van der Waals surface area contributed by atoms with Gasteiger partial charge in [0.2, 0.25) is 5.91 Å². The van der Waals surface area contributed by atoms with Gasteiger partial charge in [-0.2, -0.15) is 0 Å². The van der Waals surface area contributed by atoms with E-state index in [9.17, 15) is 4.79 Å². The molecule has 4 rings (SSSR count). The summed E-state index contributed by atoms with van der Waals surface area (Å²) in [4.78, 5) is 17.0. The van der Waals surface area contributed by atoms with Gasteiger partial charge in [0.25, 0.3) is 0 Å². The molecule has 6 nitrogen and oxygen atoms in total. The lowest BCUT2D eigenvalue weighted by molar-refractivity contribution is -0.115. The van der Waals surface area contributed by atoms with Gasteiger partial charge in [-0.1, -0.05) is 29.4 Å². The van der Waals surface area contributed by atoms with Crippen LogP contribution in [0.2, 0.25) is 5.02 Å². The smallest absolute Gasteiger partial charge is 0.237 e. The quantitative estimate of drug-likeness (QED) is 0.625. The van der Waals surface area contributed by atoms with Gasteiger partial charge in [0.15, 0.2) is 16.7 Å². The predicted octanol–water partition coefficient (Wildman–Crippen LogP) is 4.42. The lowest BCUT2D eigenvalue weighted by Crippen LogP contribution is -2.23. The number of hydrogen-bond acceptors (Lipinski definition) is 5. The van der Waals surface area contributed by atoms with Crippen LogP contribution in [0.5, 0.6) is 11.5 Å². The van der Waals surface area contributed by atoms with E-state index in [2.05, 4.69) is 10.3 Å². The Morgan fingerprint density at radius 1 is 1.21 bits per heavy atom. The molecule has 144 valence electrons. The molecule has 0 spiro atoms. The summed E-state index contributed by atoms with van der Waals surface area (Å²) in [6.45, 7) is 2.88. The predicted molar refractivity (Wildman–Crippen MR) is 110 cm³/mol. The van der Waals surface area contributed by atoms with Crippen LogP contribution in [0, 0.1) is 0 Å². The molecule has 0 bridgehead atoms. The third-order valence-corrected chi connectivity index (χ3v) is 5.47. The Bertz CT molecular complexity index is 1010. The van der Waals surface area contributed by atoms with Gasteiger partial charge in [0.05, 0.1) is 5.25 Å². The number of rotatable bonds is 5. The molecule has 2 heterocycles. The molecular formula is C20H18ClN3O3S. The van der Waals surface area contributed by atoms with Gasteiger partial charge in [-0.05, 0) is 37.3 Å². The zero-order valence-corrected chi connectivity index (χ0v) is 16.7. The van der Waals surface area contributed by atoms with Crippen LogP contribution in [0.15, 0.2) is 60.0 Å². The molecule has 3 aromatic rings. The maximum atomic E-state index is 12.6. The van der Waals surface area contributed by atoms with E-state index in [0.29, 0.717) is 40.6 Å². The molecule has 1 unspecified atom stereocenters. The van der Waals surface area contributed by atoms with E-state index < -0.39 is 0 Å². The Balaban J connectivity index is 1.45. The average molecular weight is 416 g/mol. The molecule has 28 heavy (non-hydrogen) atoms. The van der Waals surface area contributed by atoms with E-state index in [1.165, 1.54) is 11.8 Å². The van der Waals surface area contributed by atoms with Crippen molar-refractivity contribution in [1.82, 2.24) is 9.55 Å². The fraction of sp³-hybridized carbons (Fsp3) is 0.200. The topological polar surface area (TPSA) is 65.4 Å². The summed E-state index contributed by atoms with van der Waals surface area (Å²) in [5.74, 6) is 1.21. The van der Waals surface area contributed by atoms with Gasteiger partial charge in [0, 0.05) is 34.9 Å². The normalized spacial score (nSPS) is 13.8. The summed E-state index contributed by atoms with van der Waals surface area (Å²) < 4.78 is 13.0. The monoisotopic (exact) mass is 415 g/mol. The molecule has 0 saturated heterocycles. The molecule has 0 radical (unpaired) electrons. The van der Waals surface area contributed by atoms with Crippen LogP contribution >= 0.6 is 23.4 Å². The zero-order valence-electron chi connectivity index (χ0n) is 15.1. The highest BCUT2D eigenvalue weighted by Gasteiger charge is 2.19. The standard InChI is InChI=1S/C20H18ClN3O3S/c1-13(19(25)23-15-5-6-17-18(12-15)27-10-9-26-17)28-20-22-7-8-24(20)16-4-2-3-14(21)11-16/h2-8,11-13H,9-10H2,1H3,(H,23,25). The fourth-order valence-electron chi connectivity index (χ4n) is 2.78. The highest BCUT2D eigenvalue weighted by Crippen LogP contribution is 2.33. The first-order valence-corrected chi connectivity index (χ1v) is 10.0. The number of imidazole rings is 1. The van der Waals surface area contributed by atoms with E-state index in [4.69, 9.17) is 21.1 Å². The van der Waals surface area contributed by atoms with Crippen molar-refractivity contribution in [2.45, 2.75) is 17.3 Å². The van der Waals surface area contributed by atoms with Crippen molar-refractivity contribution in [3.05, 3.63) is 59.9 Å². The largest absolute Gasteiger partial charge is 0.486 e. The number of carbonyl (C=O) groups excluding carboxylic acids is 1. The van der Waals surface area contributed by atoms with Crippen LogP contribution in [0.3, 0.4) is 0 Å². The molecular weight excluding hydrogens is 398 g/mol. The third-order valence-electron chi connectivity index (χ3n) is 4.15. The van der Waals surface area contributed by atoms with Crippen LogP contribution in [0.25, 0.3) is 5.69 Å². The minimum Gasteiger partial charge on any atom is -0.486 e. The molecule has 0 aliphatic carbocycles. The van der Waals surface area contributed by atoms with Crippen LogP contribution < -0.4 is 14.8 Å². The third kappa shape index (κ3) is 4.10. The van der Waals surface area contributed by atoms with Gasteiger partial charge >= 0.3 is 0 Å². The number of benzene rings is 2. The molecule has 1 aromatic heterocycles. The van der Waals surface area contributed by atoms with Crippen molar-refractivity contribution >= 4 is 35.0 Å². The van der Waals surface area contributed by atoms with Gasteiger partial charge in [0.1, 0.15) is 13.2 Å². The molecule has 1 atom stereocenters. The maximum absolute atomic E-state index is 12.6. The first-order valence-electron chi connectivity index (χ1n) is 8.76. The van der Waals surface area contributed by atoms with Crippen molar-refractivity contribution in [1.29, 1.82) is 0 Å². The first kappa shape index (κ1) is 18.7. The van der Waals surface area contributed by atoms with E-state index in [1.807, 2.05) is 42.0 Å². The van der Waals surface area contributed by atoms with Crippen molar-refractivity contribution in [3.63, 3.8) is 0 Å². The SMILES string of the molecule is CC(Sc1nccn1-c1cccc(Cl)c1)C(=O)Nc1ccc2c(c1)OCCO2. The number of halogens is 1. The van der Waals surface area contributed by atoms with Gasteiger partial charge in [-0.3, -0.25) is 9.36 Å². The van der Waals surface area contributed by atoms with Gasteiger partial charge < -0.3 is 14.8 Å². The number of aromatic nitrogens is 2. The van der Waals surface area contributed by atoms with Crippen molar-refractivity contribution in [3.8, 4) is 17.2 Å². The van der Waals surface area contributed by atoms with E-state index in [1.54, 1.807) is 24.4 Å². The lowest BCUT2D eigenvalue weighted by atomic mass is 10.2. The highest BCUT2D eigenvalue weighted by atomic mass is 35.5. The number of amides is 1. The Kier molecular flexibility index (Phi) is 5.45. The number of nitrogens with one attached hydrogen (secondary N) is 1. The van der Waals surface area contributed by atoms with Crippen LogP contribution in [-0.4, -0.2) is 33.9 Å². The minimum absolute atomic E-state index is 0.123. The number of carbonyl (C=O) groups is 1. The number of anilines is 1. The Labute approximate surface area is 171 Å². The first-order chi connectivity index (χ1) is 13.6.